The number of benzene rings is 2. The van der Waals surface area contributed by atoms with E-state index < -0.39 is 4.92 Å². The number of aliphatic hydroxyl groups excluding tert-OH is 1. The lowest BCUT2D eigenvalue weighted by Crippen LogP contribution is -2.27. The fourth-order valence-corrected chi connectivity index (χ4v) is 2.33. The molecule has 7 heteroatoms. The molecule has 0 saturated carbocycles. The Kier molecular flexibility index (Phi) is 6.47. The summed E-state index contributed by atoms with van der Waals surface area (Å²) in [4.78, 5) is 22.1. The highest BCUT2D eigenvalue weighted by molar-refractivity contribution is 5.78. The Labute approximate surface area is 145 Å². The summed E-state index contributed by atoms with van der Waals surface area (Å²) < 4.78 is 5.68. The summed E-state index contributed by atoms with van der Waals surface area (Å²) in [6.45, 7) is 2.08. The standard InChI is InChI=1S/C18H20N2O5/c1-13-15(3-2-4-17(13)20(23)24)12-25-16-7-5-14(6-8-16)11-18(22)19-9-10-21/h2-8,21H,9-12H2,1H3,(H,19,22). The van der Waals surface area contributed by atoms with Gasteiger partial charge in [-0.05, 0) is 30.2 Å². The summed E-state index contributed by atoms with van der Waals surface area (Å²) in [5.74, 6) is 0.459. The molecular weight excluding hydrogens is 324 g/mol. The molecule has 2 aromatic rings. The van der Waals surface area contributed by atoms with Crippen molar-refractivity contribution in [2.24, 2.45) is 0 Å². The van der Waals surface area contributed by atoms with Crippen molar-refractivity contribution in [3.8, 4) is 5.75 Å². The smallest absolute Gasteiger partial charge is 0.272 e. The van der Waals surface area contributed by atoms with Gasteiger partial charge >= 0.3 is 0 Å². The number of rotatable bonds is 8. The van der Waals surface area contributed by atoms with Gasteiger partial charge in [-0.2, -0.15) is 0 Å². The van der Waals surface area contributed by atoms with Gasteiger partial charge in [0.25, 0.3) is 5.69 Å². The van der Waals surface area contributed by atoms with Crippen LogP contribution in [0.1, 0.15) is 16.7 Å². The molecule has 2 rings (SSSR count). The number of carbonyl (C=O) groups is 1. The summed E-state index contributed by atoms with van der Waals surface area (Å²) in [6, 6.07) is 12.0. The molecule has 0 radical (unpaired) electrons. The Balaban J connectivity index is 1.95. The Bertz CT molecular complexity index is 744. The number of nitrogens with zero attached hydrogens (tertiary/aromatic N) is 1. The predicted molar refractivity (Wildman–Crippen MR) is 92.4 cm³/mol. The van der Waals surface area contributed by atoms with Crippen molar-refractivity contribution >= 4 is 11.6 Å². The van der Waals surface area contributed by atoms with Crippen molar-refractivity contribution in [1.82, 2.24) is 5.32 Å². The van der Waals surface area contributed by atoms with E-state index in [0.717, 1.165) is 11.1 Å². The monoisotopic (exact) mass is 344 g/mol. The van der Waals surface area contributed by atoms with Crippen molar-refractivity contribution in [2.45, 2.75) is 20.0 Å². The maximum atomic E-state index is 11.6. The summed E-state index contributed by atoms with van der Waals surface area (Å²) in [5, 5.41) is 22.2. The molecule has 0 aliphatic carbocycles. The average Bonchev–Trinajstić information content (AvgIpc) is 2.60. The van der Waals surface area contributed by atoms with Gasteiger partial charge in [-0.15, -0.1) is 0 Å². The highest BCUT2D eigenvalue weighted by atomic mass is 16.6. The number of aliphatic hydroxyl groups is 1. The predicted octanol–water partition coefficient (Wildman–Crippen LogP) is 2.13. The third kappa shape index (κ3) is 5.29. The summed E-state index contributed by atoms with van der Waals surface area (Å²) in [5.41, 5.74) is 2.24. The number of ether oxygens (including phenoxy) is 1. The molecule has 0 heterocycles. The van der Waals surface area contributed by atoms with E-state index in [4.69, 9.17) is 9.84 Å². The van der Waals surface area contributed by atoms with Crippen LogP contribution >= 0.6 is 0 Å². The zero-order valence-corrected chi connectivity index (χ0v) is 13.9. The van der Waals surface area contributed by atoms with Gasteiger partial charge < -0.3 is 15.2 Å². The Morgan fingerprint density at radius 2 is 1.96 bits per heavy atom. The van der Waals surface area contributed by atoms with Crippen LogP contribution < -0.4 is 10.1 Å². The van der Waals surface area contributed by atoms with Crippen LogP contribution in [0.25, 0.3) is 0 Å². The van der Waals surface area contributed by atoms with Crippen molar-refractivity contribution in [3.05, 3.63) is 69.3 Å². The van der Waals surface area contributed by atoms with Gasteiger partial charge in [-0.25, -0.2) is 0 Å². The first-order chi connectivity index (χ1) is 12.0. The van der Waals surface area contributed by atoms with Crippen LogP contribution in [0.15, 0.2) is 42.5 Å². The quantitative estimate of drug-likeness (QED) is 0.564. The third-order valence-corrected chi connectivity index (χ3v) is 3.73. The highest BCUT2D eigenvalue weighted by Crippen LogP contribution is 2.22. The number of hydrogen-bond donors (Lipinski definition) is 2. The van der Waals surface area contributed by atoms with Gasteiger partial charge in [-0.1, -0.05) is 24.3 Å². The first-order valence-corrected chi connectivity index (χ1v) is 7.83. The van der Waals surface area contributed by atoms with Gasteiger partial charge in [-0.3, -0.25) is 14.9 Å². The molecule has 0 fully saturated rings. The molecular formula is C18H20N2O5. The van der Waals surface area contributed by atoms with E-state index in [1.165, 1.54) is 6.07 Å². The zero-order valence-electron chi connectivity index (χ0n) is 13.9. The maximum Gasteiger partial charge on any atom is 0.272 e. The fourth-order valence-electron chi connectivity index (χ4n) is 2.33. The number of nitro benzene ring substituents is 1. The molecule has 7 nitrogen and oxygen atoms in total. The molecule has 1 amide bonds. The van der Waals surface area contributed by atoms with Gasteiger partial charge in [0.05, 0.1) is 18.0 Å². The van der Waals surface area contributed by atoms with Crippen LogP contribution in [0.3, 0.4) is 0 Å². The van der Waals surface area contributed by atoms with Crippen molar-refractivity contribution in [2.75, 3.05) is 13.2 Å². The lowest BCUT2D eigenvalue weighted by atomic mass is 10.1. The fraction of sp³-hybridized carbons (Fsp3) is 0.278. The number of carbonyl (C=O) groups excluding carboxylic acids is 1. The molecule has 0 atom stereocenters. The molecule has 2 N–H and O–H groups in total. The van der Waals surface area contributed by atoms with E-state index in [0.29, 0.717) is 11.3 Å². The minimum absolute atomic E-state index is 0.0744. The molecule has 132 valence electrons. The Morgan fingerprint density at radius 1 is 1.24 bits per heavy atom. The topological polar surface area (TPSA) is 102 Å². The maximum absolute atomic E-state index is 11.6. The summed E-state index contributed by atoms with van der Waals surface area (Å²) in [7, 11) is 0. The number of nitro groups is 1. The normalized spacial score (nSPS) is 10.3. The van der Waals surface area contributed by atoms with Crippen LogP contribution in [-0.2, 0) is 17.8 Å². The molecule has 0 spiro atoms. The first-order valence-electron chi connectivity index (χ1n) is 7.83. The number of amides is 1. The lowest BCUT2D eigenvalue weighted by molar-refractivity contribution is -0.385. The van der Waals surface area contributed by atoms with Crippen LogP contribution in [0.4, 0.5) is 5.69 Å². The zero-order chi connectivity index (χ0) is 18.2. The van der Waals surface area contributed by atoms with E-state index in [2.05, 4.69) is 5.32 Å². The number of hydrogen-bond acceptors (Lipinski definition) is 5. The Morgan fingerprint density at radius 3 is 2.60 bits per heavy atom. The van der Waals surface area contributed by atoms with Crippen molar-refractivity contribution in [3.63, 3.8) is 0 Å². The Hall–Kier alpha value is -2.93. The molecule has 2 aromatic carbocycles. The largest absolute Gasteiger partial charge is 0.489 e. The van der Waals surface area contributed by atoms with Gasteiger partial charge in [0.2, 0.25) is 5.91 Å². The molecule has 25 heavy (non-hydrogen) atoms. The van der Waals surface area contributed by atoms with Crippen LogP contribution in [-0.4, -0.2) is 29.1 Å². The first kappa shape index (κ1) is 18.4. The molecule has 0 aliphatic rings. The van der Waals surface area contributed by atoms with Crippen molar-refractivity contribution < 1.29 is 19.6 Å². The van der Waals surface area contributed by atoms with E-state index in [1.807, 2.05) is 0 Å². The van der Waals surface area contributed by atoms with Crippen LogP contribution in [0, 0.1) is 17.0 Å². The third-order valence-electron chi connectivity index (χ3n) is 3.73. The number of nitrogens with one attached hydrogen (secondary N) is 1. The van der Waals surface area contributed by atoms with Crippen LogP contribution in [0.5, 0.6) is 5.75 Å². The highest BCUT2D eigenvalue weighted by Gasteiger charge is 2.13. The average molecular weight is 344 g/mol. The lowest BCUT2D eigenvalue weighted by Gasteiger charge is -2.10. The molecule has 0 aromatic heterocycles. The molecule has 0 bridgehead atoms. The van der Waals surface area contributed by atoms with E-state index >= 15 is 0 Å². The van der Waals surface area contributed by atoms with Gasteiger partial charge in [0.1, 0.15) is 12.4 Å². The SMILES string of the molecule is Cc1c(COc2ccc(CC(=O)NCCO)cc2)cccc1[N+](=O)[O-]. The van der Waals surface area contributed by atoms with Crippen molar-refractivity contribution in [1.29, 1.82) is 0 Å². The van der Waals surface area contributed by atoms with E-state index in [1.54, 1.807) is 43.3 Å². The van der Waals surface area contributed by atoms with Crippen LogP contribution in [0.2, 0.25) is 0 Å². The summed E-state index contributed by atoms with van der Waals surface area (Å²) in [6.07, 6.45) is 0.226. The van der Waals surface area contributed by atoms with Gasteiger partial charge in [0.15, 0.2) is 0 Å². The second kappa shape index (κ2) is 8.79. The van der Waals surface area contributed by atoms with Gasteiger partial charge in [0, 0.05) is 18.2 Å². The minimum Gasteiger partial charge on any atom is -0.489 e. The molecule has 0 unspecified atom stereocenters. The van der Waals surface area contributed by atoms with E-state index in [9.17, 15) is 14.9 Å². The molecule has 0 aliphatic heterocycles. The molecule has 0 saturated heterocycles. The minimum atomic E-state index is -0.407. The summed E-state index contributed by atoms with van der Waals surface area (Å²) >= 11 is 0. The second-order valence-electron chi connectivity index (χ2n) is 5.50. The van der Waals surface area contributed by atoms with E-state index in [-0.39, 0.29) is 37.8 Å². The second-order valence-corrected chi connectivity index (χ2v) is 5.50.